The zero-order valence-corrected chi connectivity index (χ0v) is 41.7. The van der Waals surface area contributed by atoms with Gasteiger partial charge >= 0.3 is 17.8 Å². The van der Waals surface area contributed by atoms with Gasteiger partial charge in [-0.25, -0.2) is 9.59 Å². The second-order valence-corrected chi connectivity index (χ2v) is 18.7. The Balaban J connectivity index is 1.53. The molecule has 69 heavy (non-hydrogen) atoms. The van der Waals surface area contributed by atoms with Gasteiger partial charge in [0.05, 0.1) is 30.5 Å². The number of likely N-dealkylation sites (N-methyl/N-ethyl adjacent to an activating group) is 1. The molecule has 0 saturated carbocycles. The maximum absolute atomic E-state index is 14.8. The topological polar surface area (TPSA) is 278 Å². The summed E-state index contributed by atoms with van der Waals surface area (Å²) in [5.41, 5.74) is 10.0. The van der Waals surface area contributed by atoms with Crippen LogP contribution in [0.1, 0.15) is 87.5 Å². The Morgan fingerprint density at radius 1 is 1.09 bits per heavy atom. The summed E-state index contributed by atoms with van der Waals surface area (Å²) in [6.45, 7) is 15.3. The van der Waals surface area contributed by atoms with Crippen LogP contribution >= 0.6 is 0 Å². The number of carbonyl (C=O) groups excluding carboxylic acids is 3. The smallest absolute Gasteiger partial charge is 0.412 e. The van der Waals surface area contributed by atoms with E-state index in [0.717, 1.165) is 10.1 Å². The summed E-state index contributed by atoms with van der Waals surface area (Å²) in [4.78, 5) is 65.0. The first-order chi connectivity index (χ1) is 32.8. The number of benzene rings is 1. The van der Waals surface area contributed by atoms with E-state index >= 15 is 0 Å². The van der Waals surface area contributed by atoms with E-state index in [4.69, 9.17) is 35.2 Å². The molecule has 2 fully saturated rings. The molecule has 2 saturated heterocycles. The lowest BCUT2D eigenvalue weighted by molar-refractivity contribution is -0.266. The number of rotatable bonds is 18. The number of aryl methyl sites for hydroxylation is 1. The molecular weight excluding hydrogens is 891 g/mol. The molecule has 1 aromatic carbocycles. The maximum atomic E-state index is 14.8. The van der Waals surface area contributed by atoms with Crippen molar-refractivity contribution in [1.29, 1.82) is 5.26 Å². The molecule has 2 aromatic heterocycles. The Morgan fingerprint density at radius 2 is 1.81 bits per heavy atom. The van der Waals surface area contributed by atoms with E-state index in [1.165, 1.54) is 26.3 Å². The third kappa shape index (κ3) is 12.1. The number of cyclic esters (lactones) is 1. The lowest BCUT2D eigenvalue weighted by Gasteiger charge is -2.44. The molecule has 21 heteroatoms. The van der Waals surface area contributed by atoms with Crippen LogP contribution in [0.3, 0.4) is 0 Å². The SMILES string of the molecule is CCO[C@@H](O[C@@H]1[C@@H](C)C(=O)[C@@H](C)C(=O)O[C@H](CC)[C@@]2(n3ccc(N)nc3=O)OC(=O)N(CCCCn3cc(-c4cccc(N)c4)nn3)[C@@H]2[C@@H](C)NC[C@H](C)C[C@@]1(C)OC)C(O)C(CC)N(C)CC#N. The largest absolute Gasteiger partial charge is 0.455 e. The number of nitriles is 1. The minimum Gasteiger partial charge on any atom is -0.455 e. The molecule has 21 nitrogen and oxygen atoms in total. The van der Waals surface area contributed by atoms with Crippen LogP contribution in [0.4, 0.5) is 16.3 Å². The first-order valence-electron chi connectivity index (χ1n) is 24.0. The standard InChI is InChI=1S/C48H73N11O10/c1-11-36(56(9)24-20-49)40(61)44(66-13-3)68-42-30(5)39(60)31(6)43(62)67-37(12-2)48(59-23-19-38(51)53-45(59)63)41(32(7)52-27-29(4)26-47(42,8)65-10)58(46(64)69-48)22-15-14-21-57-28-35(54-55-57)33-17-16-18-34(50)25-33/h16-19,23,25,28-32,36-37,40-42,44,52,61H,11-15,21-22,24,26-27,50H2,1-10H3,(H2,51,53,63)/t29-,30+,31-,32-,36?,37-,40?,41-,42-,44+,47-,48-/m1/s1. The molecule has 4 heterocycles. The number of nitrogen functional groups attached to an aromatic ring is 2. The Labute approximate surface area is 404 Å². The van der Waals surface area contributed by atoms with E-state index < -0.39 is 89.4 Å². The zero-order valence-electron chi connectivity index (χ0n) is 41.7. The number of carbonyl (C=O) groups is 3. The number of ether oxygens (including phenoxy) is 5. The number of nitrogens with zero attached hydrogens (tertiary/aromatic N) is 8. The fourth-order valence-electron chi connectivity index (χ4n) is 10.0. The molecule has 0 aliphatic carbocycles. The number of methoxy groups -OCH3 is 1. The molecule has 1 amide bonds. The van der Waals surface area contributed by atoms with E-state index in [2.05, 4.69) is 26.7 Å². The summed E-state index contributed by atoms with van der Waals surface area (Å²) < 4.78 is 34.7. The van der Waals surface area contributed by atoms with Crippen LogP contribution in [-0.4, -0.2) is 146 Å². The highest BCUT2D eigenvalue weighted by Crippen LogP contribution is 2.43. The van der Waals surface area contributed by atoms with Gasteiger partial charge in [0.2, 0.25) is 0 Å². The summed E-state index contributed by atoms with van der Waals surface area (Å²) in [6, 6.07) is 8.72. The lowest BCUT2D eigenvalue weighted by Crippen LogP contribution is -2.65. The van der Waals surface area contributed by atoms with Crippen molar-refractivity contribution >= 4 is 29.4 Å². The molecule has 2 aliphatic rings. The quantitative estimate of drug-likeness (QED) is 0.0354. The van der Waals surface area contributed by atoms with E-state index in [-0.39, 0.29) is 37.9 Å². The number of aliphatic hydroxyl groups is 1. The number of nitrogens with two attached hydrogens (primary N) is 2. The lowest BCUT2D eigenvalue weighted by atomic mass is 9.78. The van der Waals surface area contributed by atoms with E-state index in [1.54, 1.807) is 48.4 Å². The van der Waals surface area contributed by atoms with Crippen LogP contribution in [0.5, 0.6) is 0 Å². The average molecular weight is 964 g/mol. The molecule has 0 radical (unpaired) electrons. The summed E-state index contributed by atoms with van der Waals surface area (Å²) in [7, 11) is 3.24. The van der Waals surface area contributed by atoms with Gasteiger partial charge in [-0.2, -0.15) is 10.2 Å². The van der Waals surface area contributed by atoms with Gasteiger partial charge in [-0.15, -0.1) is 5.10 Å². The highest BCUT2D eigenvalue weighted by molar-refractivity contribution is 6.00. The number of nitrogens with one attached hydrogen (secondary N) is 1. The van der Waals surface area contributed by atoms with Crippen LogP contribution in [-0.2, 0) is 45.5 Å². The first kappa shape index (κ1) is 54.4. The molecular formula is C48H73N11O10. The highest BCUT2D eigenvalue weighted by Gasteiger charge is 2.63. The maximum Gasteiger partial charge on any atom is 0.412 e. The monoisotopic (exact) mass is 964 g/mol. The minimum atomic E-state index is -2.00. The summed E-state index contributed by atoms with van der Waals surface area (Å²) in [5.74, 6) is -4.19. The van der Waals surface area contributed by atoms with Crippen LogP contribution < -0.4 is 22.5 Å². The molecule has 2 aliphatic heterocycles. The summed E-state index contributed by atoms with van der Waals surface area (Å²) in [5, 5.41) is 33.5. The molecule has 380 valence electrons. The molecule has 3 aromatic rings. The average Bonchev–Trinajstić information content (AvgIpc) is 3.91. The molecule has 0 spiro atoms. The number of fused-ring (bicyclic) bond motifs is 1. The number of unbranched alkanes of at least 4 members (excludes halogenated alkanes) is 1. The second-order valence-electron chi connectivity index (χ2n) is 18.7. The Morgan fingerprint density at radius 3 is 2.45 bits per heavy atom. The van der Waals surface area contributed by atoms with Crippen LogP contribution in [0.15, 0.2) is 47.5 Å². The van der Waals surface area contributed by atoms with Crippen molar-refractivity contribution < 1.29 is 43.2 Å². The number of anilines is 2. The van der Waals surface area contributed by atoms with Crippen molar-refractivity contribution in [2.45, 2.75) is 148 Å². The third-order valence-electron chi connectivity index (χ3n) is 13.7. The Kier molecular flexibility index (Phi) is 18.8. The van der Waals surface area contributed by atoms with Crippen LogP contribution in [0, 0.1) is 29.1 Å². The number of hydrogen-bond donors (Lipinski definition) is 4. The number of esters is 1. The van der Waals surface area contributed by atoms with E-state index in [9.17, 15) is 29.5 Å². The van der Waals surface area contributed by atoms with Gasteiger partial charge in [0.1, 0.15) is 29.6 Å². The van der Waals surface area contributed by atoms with Gasteiger partial charge in [0.25, 0.3) is 5.72 Å². The highest BCUT2D eigenvalue weighted by atomic mass is 16.7. The normalized spacial score (nSPS) is 28.5. The van der Waals surface area contributed by atoms with E-state index in [1.807, 2.05) is 52.1 Å². The molecule has 0 bridgehead atoms. The van der Waals surface area contributed by atoms with Crippen molar-refractivity contribution in [3.8, 4) is 17.3 Å². The fourth-order valence-corrected chi connectivity index (χ4v) is 10.0. The molecule has 6 N–H and O–H groups in total. The van der Waals surface area contributed by atoms with E-state index in [0.29, 0.717) is 50.2 Å². The van der Waals surface area contributed by atoms with Crippen molar-refractivity contribution in [3.05, 3.63) is 53.2 Å². The number of hydrogen-bond acceptors (Lipinski definition) is 18. The van der Waals surface area contributed by atoms with Gasteiger partial charge in [-0.3, -0.25) is 28.6 Å². The van der Waals surface area contributed by atoms with Gasteiger partial charge in [0.15, 0.2) is 18.2 Å². The van der Waals surface area contributed by atoms with Crippen molar-refractivity contribution in [3.63, 3.8) is 0 Å². The first-order valence-corrected chi connectivity index (χ1v) is 24.0. The van der Waals surface area contributed by atoms with Gasteiger partial charge < -0.3 is 45.6 Å². The summed E-state index contributed by atoms with van der Waals surface area (Å²) in [6.07, 6.45) is -0.586. The number of Topliss-reactive ketones (excluding diaryl/α,β-unsaturated/α-hetero) is 1. The minimum absolute atomic E-state index is 0.0434. The van der Waals surface area contributed by atoms with Gasteiger partial charge in [0, 0.05) is 62.3 Å². The number of amides is 1. The second kappa shape index (κ2) is 23.9. The summed E-state index contributed by atoms with van der Waals surface area (Å²) >= 11 is 0. The Hall–Kier alpha value is -5.50. The predicted octanol–water partition coefficient (Wildman–Crippen LogP) is 3.55. The number of aromatic nitrogens is 5. The zero-order chi connectivity index (χ0) is 50.8. The van der Waals surface area contributed by atoms with Crippen LogP contribution in [0.25, 0.3) is 11.3 Å². The number of aliphatic hydroxyl groups excluding tert-OH is 1. The molecule has 5 rings (SSSR count). The molecule has 2 unspecified atom stereocenters. The third-order valence-corrected chi connectivity index (χ3v) is 13.7. The Bertz CT molecular complexity index is 2310. The van der Waals surface area contributed by atoms with Crippen molar-refractivity contribution in [2.24, 2.45) is 17.8 Å². The van der Waals surface area contributed by atoms with Crippen LogP contribution in [0.2, 0.25) is 0 Å². The number of ketones is 1. The van der Waals surface area contributed by atoms with Gasteiger partial charge in [-0.1, -0.05) is 45.0 Å². The molecule has 12 atom stereocenters. The van der Waals surface area contributed by atoms with Gasteiger partial charge in [-0.05, 0) is 97.5 Å². The predicted molar refractivity (Wildman–Crippen MR) is 256 cm³/mol. The van der Waals surface area contributed by atoms with Crippen molar-refractivity contribution in [2.75, 3.05) is 51.9 Å². The fraction of sp³-hybridized carbons (Fsp3) is 0.667. The van der Waals surface area contributed by atoms with Crippen molar-refractivity contribution in [1.82, 2.24) is 39.7 Å².